The van der Waals surface area contributed by atoms with Crippen LogP contribution in [0.3, 0.4) is 0 Å². The largest absolute Gasteiger partial charge is 0.359 e. The number of amides is 2. The van der Waals surface area contributed by atoms with E-state index in [9.17, 15) is 9.59 Å². The Kier molecular flexibility index (Phi) is 5.93. The highest BCUT2D eigenvalue weighted by Crippen LogP contribution is 2.02. The van der Waals surface area contributed by atoms with Crippen LogP contribution in [-0.4, -0.2) is 43.4 Å². The van der Waals surface area contributed by atoms with Crippen LogP contribution in [0.4, 0.5) is 0 Å². The zero-order valence-corrected chi connectivity index (χ0v) is 9.91. The average Bonchev–Trinajstić information content (AvgIpc) is 2.22. The molecule has 2 amide bonds. The van der Waals surface area contributed by atoms with Crippen LogP contribution in [0.25, 0.3) is 0 Å². The van der Waals surface area contributed by atoms with Gasteiger partial charge in [-0.15, -0.1) is 0 Å². The lowest BCUT2D eigenvalue weighted by Crippen LogP contribution is -2.45. The summed E-state index contributed by atoms with van der Waals surface area (Å²) in [5, 5.41) is 2.50. The van der Waals surface area contributed by atoms with Crippen LogP contribution in [0.2, 0.25) is 0 Å². The summed E-state index contributed by atoms with van der Waals surface area (Å²) in [7, 11) is 3.23. The van der Waals surface area contributed by atoms with Gasteiger partial charge in [0.25, 0.3) is 0 Å². The maximum Gasteiger partial charge on any atom is 0.239 e. The number of hydrogen-bond acceptors (Lipinski definition) is 3. The summed E-state index contributed by atoms with van der Waals surface area (Å²) in [6.07, 6.45) is 0.309. The van der Waals surface area contributed by atoms with Gasteiger partial charge < -0.3 is 16.0 Å². The lowest BCUT2D eigenvalue weighted by atomic mass is 10.0. The van der Waals surface area contributed by atoms with E-state index in [0.29, 0.717) is 13.0 Å². The molecule has 0 aromatic carbocycles. The number of nitrogens with zero attached hydrogens (tertiary/aromatic N) is 1. The molecule has 0 aromatic rings. The Labute approximate surface area is 91.0 Å². The molecule has 88 valence electrons. The number of nitrogens with one attached hydrogen (secondary N) is 1. The van der Waals surface area contributed by atoms with Crippen molar-refractivity contribution >= 4 is 11.8 Å². The molecule has 0 rings (SSSR count). The molecule has 0 heterocycles. The van der Waals surface area contributed by atoms with Crippen molar-refractivity contribution in [3.8, 4) is 0 Å². The second-order valence-corrected chi connectivity index (χ2v) is 3.95. The lowest BCUT2D eigenvalue weighted by Gasteiger charge is -2.23. The molecular weight excluding hydrogens is 194 g/mol. The quantitative estimate of drug-likeness (QED) is 0.653. The predicted molar refractivity (Wildman–Crippen MR) is 59.1 cm³/mol. The number of nitrogens with two attached hydrogens (primary N) is 1. The summed E-state index contributed by atoms with van der Waals surface area (Å²) >= 11 is 0. The lowest BCUT2D eigenvalue weighted by molar-refractivity contribution is -0.132. The molecule has 0 saturated heterocycles. The molecule has 0 aliphatic heterocycles. The second-order valence-electron chi connectivity index (χ2n) is 3.95. The van der Waals surface area contributed by atoms with Crippen LogP contribution in [0.1, 0.15) is 20.3 Å². The average molecular weight is 215 g/mol. The summed E-state index contributed by atoms with van der Waals surface area (Å²) in [6, 6.07) is -0.486. The van der Waals surface area contributed by atoms with Gasteiger partial charge in [0, 0.05) is 27.1 Å². The van der Waals surface area contributed by atoms with Crippen molar-refractivity contribution in [2.75, 3.05) is 20.6 Å². The molecule has 0 aliphatic rings. The molecule has 0 fully saturated rings. The van der Waals surface area contributed by atoms with Crippen LogP contribution >= 0.6 is 0 Å². The number of likely N-dealkylation sites (N-methyl/N-ethyl adjacent to an activating group) is 1. The second kappa shape index (κ2) is 6.40. The third-order valence-corrected chi connectivity index (χ3v) is 2.33. The highest BCUT2D eigenvalue weighted by atomic mass is 16.2. The maximum absolute atomic E-state index is 11.7. The number of carbonyl (C=O) groups excluding carboxylic acids is 2. The van der Waals surface area contributed by atoms with Crippen LogP contribution in [-0.2, 0) is 9.59 Å². The summed E-state index contributed by atoms with van der Waals surface area (Å²) < 4.78 is 0. The standard InChI is InChI=1S/C10H21N3O2/c1-7(2)9(11)10(15)13(4)6-5-8(14)12-3/h7,9H,5-6,11H2,1-4H3,(H,12,14)/t9-/m1/s1. The molecule has 5 nitrogen and oxygen atoms in total. The monoisotopic (exact) mass is 215 g/mol. The van der Waals surface area contributed by atoms with Crippen LogP contribution in [0, 0.1) is 5.92 Å². The van der Waals surface area contributed by atoms with E-state index >= 15 is 0 Å². The van der Waals surface area contributed by atoms with Crippen molar-refractivity contribution in [2.24, 2.45) is 11.7 Å². The minimum atomic E-state index is -0.486. The van der Waals surface area contributed by atoms with E-state index in [0.717, 1.165) is 0 Å². The van der Waals surface area contributed by atoms with Crippen LogP contribution in [0.5, 0.6) is 0 Å². The van der Waals surface area contributed by atoms with Crippen molar-refractivity contribution < 1.29 is 9.59 Å². The first-order chi connectivity index (χ1) is 6.90. The third-order valence-electron chi connectivity index (χ3n) is 2.33. The molecule has 0 radical (unpaired) electrons. The topological polar surface area (TPSA) is 75.4 Å². The zero-order valence-electron chi connectivity index (χ0n) is 9.91. The van der Waals surface area contributed by atoms with E-state index in [-0.39, 0.29) is 17.7 Å². The van der Waals surface area contributed by atoms with E-state index in [1.165, 1.54) is 4.90 Å². The van der Waals surface area contributed by atoms with E-state index in [1.807, 2.05) is 13.8 Å². The Bertz CT molecular complexity index is 229. The van der Waals surface area contributed by atoms with Gasteiger partial charge in [0.2, 0.25) is 11.8 Å². The van der Waals surface area contributed by atoms with E-state index in [2.05, 4.69) is 5.32 Å². The van der Waals surface area contributed by atoms with Gasteiger partial charge in [0.05, 0.1) is 6.04 Å². The first-order valence-corrected chi connectivity index (χ1v) is 5.11. The van der Waals surface area contributed by atoms with Gasteiger partial charge in [0.15, 0.2) is 0 Å². The molecule has 15 heavy (non-hydrogen) atoms. The van der Waals surface area contributed by atoms with Crippen molar-refractivity contribution in [3.05, 3.63) is 0 Å². The number of hydrogen-bond donors (Lipinski definition) is 2. The van der Waals surface area contributed by atoms with E-state index < -0.39 is 6.04 Å². The summed E-state index contributed by atoms with van der Waals surface area (Å²) in [5.74, 6) is -0.0818. The van der Waals surface area contributed by atoms with Gasteiger partial charge in [-0.2, -0.15) is 0 Å². The minimum Gasteiger partial charge on any atom is -0.359 e. The van der Waals surface area contributed by atoms with Gasteiger partial charge in [0.1, 0.15) is 0 Å². The van der Waals surface area contributed by atoms with Crippen molar-refractivity contribution in [2.45, 2.75) is 26.3 Å². The predicted octanol–water partition coefficient (Wildman–Crippen LogP) is -0.436. The van der Waals surface area contributed by atoms with Crippen molar-refractivity contribution in [1.82, 2.24) is 10.2 Å². The Morgan fingerprint density at radius 3 is 2.33 bits per heavy atom. The fourth-order valence-electron chi connectivity index (χ4n) is 1.04. The Morgan fingerprint density at radius 2 is 1.93 bits per heavy atom. The SMILES string of the molecule is CNC(=O)CCN(C)C(=O)[C@H](N)C(C)C. The normalized spacial score (nSPS) is 12.4. The van der Waals surface area contributed by atoms with E-state index in [4.69, 9.17) is 5.73 Å². The molecule has 1 atom stereocenters. The van der Waals surface area contributed by atoms with E-state index in [1.54, 1.807) is 14.1 Å². The Morgan fingerprint density at radius 1 is 1.40 bits per heavy atom. The van der Waals surface area contributed by atoms with Gasteiger partial charge in [-0.05, 0) is 5.92 Å². The van der Waals surface area contributed by atoms with Crippen LogP contribution in [0.15, 0.2) is 0 Å². The first kappa shape index (κ1) is 13.9. The van der Waals surface area contributed by atoms with Gasteiger partial charge >= 0.3 is 0 Å². The number of rotatable bonds is 5. The molecule has 0 spiro atoms. The minimum absolute atomic E-state index is 0.0761. The van der Waals surface area contributed by atoms with Crippen molar-refractivity contribution in [3.63, 3.8) is 0 Å². The smallest absolute Gasteiger partial charge is 0.239 e. The van der Waals surface area contributed by atoms with Gasteiger partial charge in [-0.3, -0.25) is 9.59 Å². The fraction of sp³-hybridized carbons (Fsp3) is 0.800. The van der Waals surface area contributed by atoms with Crippen molar-refractivity contribution in [1.29, 1.82) is 0 Å². The summed E-state index contributed by atoms with van der Waals surface area (Å²) in [6.45, 7) is 4.20. The molecule has 0 bridgehead atoms. The zero-order chi connectivity index (χ0) is 12.0. The molecular formula is C10H21N3O2. The Balaban J connectivity index is 4.04. The third kappa shape index (κ3) is 4.78. The molecule has 5 heteroatoms. The maximum atomic E-state index is 11.7. The van der Waals surface area contributed by atoms with Crippen LogP contribution < -0.4 is 11.1 Å². The number of carbonyl (C=O) groups is 2. The molecule has 0 aromatic heterocycles. The van der Waals surface area contributed by atoms with Gasteiger partial charge in [-0.25, -0.2) is 0 Å². The Hall–Kier alpha value is -1.10. The summed E-state index contributed by atoms with van der Waals surface area (Å²) in [5.41, 5.74) is 5.71. The first-order valence-electron chi connectivity index (χ1n) is 5.11. The molecule has 0 aliphatic carbocycles. The summed E-state index contributed by atoms with van der Waals surface area (Å²) in [4.78, 5) is 24.1. The fourth-order valence-corrected chi connectivity index (χ4v) is 1.04. The molecule has 3 N–H and O–H groups in total. The van der Waals surface area contributed by atoms with Gasteiger partial charge in [-0.1, -0.05) is 13.8 Å². The highest BCUT2D eigenvalue weighted by Gasteiger charge is 2.20. The molecule has 0 unspecified atom stereocenters. The molecule has 0 saturated carbocycles. The highest BCUT2D eigenvalue weighted by molar-refractivity contribution is 5.82.